The molecule has 0 aromatic carbocycles. The van der Waals surface area contributed by atoms with Crippen molar-refractivity contribution in [1.29, 1.82) is 0 Å². The summed E-state index contributed by atoms with van der Waals surface area (Å²) in [5.74, 6) is 0.184. The van der Waals surface area contributed by atoms with E-state index in [-0.39, 0.29) is 18.5 Å². The third-order valence-corrected chi connectivity index (χ3v) is 2.61. The van der Waals surface area contributed by atoms with Crippen molar-refractivity contribution in [2.45, 2.75) is 26.2 Å². The number of hydrogen-bond donors (Lipinski definition) is 5. The van der Waals surface area contributed by atoms with Crippen molar-refractivity contribution in [1.82, 2.24) is 20.2 Å². The fraction of sp³-hybridized carbons (Fsp3) is 0.600. The average Bonchev–Trinajstić information content (AvgIpc) is 2.65. The number of nitrogens with zero attached hydrogens (tertiary/aromatic N) is 2. The molecule has 0 saturated carbocycles. The summed E-state index contributed by atoms with van der Waals surface area (Å²) in [5, 5.41) is 14.7. The third-order valence-electron chi connectivity index (χ3n) is 2.61. The second kappa shape index (κ2) is 16.3. The van der Waals surface area contributed by atoms with Gasteiger partial charge in [0.05, 0.1) is 12.7 Å². The number of anilines is 1. The minimum absolute atomic E-state index is 0.0827. The molecule has 9 heteroatoms. The molecule has 8 nitrogen and oxygen atoms in total. The minimum Gasteiger partial charge on any atom is -0.394 e. The number of aliphatic hydroxyl groups is 1. The molecule has 5 N–H and O–H groups in total. The lowest BCUT2D eigenvalue weighted by atomic mass is 10.3. The van der Waals surface area contributed by atoms with Crippen molar-refractivity contribution in [3.63, 3.8) is 0 Å². The molecule has 1 aliphatic heterocycles. The van der Waals surface area contributed by atoms with Gasteiger partial charge in [-0.2, -0.15) is 17.6 Å². The zero-order valence-electron chi connectivity index (χ0n) is 14.9. The van der Waals surface area contributed by atoms with Gasteiger partial charge in [-0.25, -0.2) is 4.79 Å². The van der Waals surface area contributed by atoms with Gasteiger partial charge in [0, 0.05) is 26.3 Å². The molecule has 1 aliphatic rings. The molecule has 2 unspecified atom stereocenters. The first-order chi connectivity index (χ1) is 11.6. The van der Waals surface area contributed by atoms with E-state index in [1.807, 2.05) is 20.9 Å². The van der Waals surface area contributed by atoms with Gasteiger partial charge in [-0.15, -0.1) is 0 Å². The largest absolute Gasteiger partial charge is 0.394 e. The van der Waals surface area contributed by atoms with Gasteiger partial charge in [0.25, 0.3) is 0 Å². The maximum Gasteiger partial charge on any atom is 0.351 e. The summed E-state index contributed by atoms with van der Waals surface area (Å²) in [6, 6.07) is 1.54. The summed E-state index contributed by atoms with van der Waals surface area (Å²) in [7, 11) is 1.81. The molecule has 0 aliphatic carbocycles. The monoisotopic (exact) mass is 361 g/mol. The van der Waals surface area contributed by atoms with E-state index >= 15 is 0 Å². The van der Waals surface area contributed by atoms with Crippen LogP contribution >= 0.6 is 12.6 Å². The molecular weight excluding hydrogens is 330 g/mol. The number of hydrogen-bond acceptors (Lipinski definition) is 8. The first kappa shape index (κ1) is 24.7. The molecule has 0 spiro atoms. The van der Waals surface area contributed by atoms with Crippen molar-refractivity contribution in [3.05, 3.63) is 35.5 Å². The lowest BCUT2D eigenvalue weighted by Gasteiger charge is -2.30. The quantitative estimate of drug-likeness (QED) is 0.490. The van der Waals surface area contributed by atoms with E-state index in [1.165, 1.54) is 16.8 Å². The summed E-state index contributed by atoms with van der Waals surface area (Å²) in [4.78, 5) is 15.2. The minimum atomic E-state index is -0.453. The molecule has 1 saturated heterocycles. The van der Waals surface area contributed by atoms with Gasteiger partial charge >= 0.3 is 5.69 Å². The van der Waals surface area contributed by atoms with Gasteiger partial charge in [0.2, 0.25) is 0 Å². The maximum absolute atomic E-state index is 11.5. The third kappa shape index (κ3) is 9.56. The van der Waals surface area contributed by atoms with Crippen molar-refractivity contribution >= 4 is 18.4 Å². The summed E-state index contributed by atoms with van der Waals surface area (Å²) in [6.45, 7) is 8.36. The highest BCUT2D eigenvalue weighted by Gasteiger charge is 2.23. The Morgan fingerprint density at radius 2 is 2.17 bits per heavy atom. The van der Waals surface area contributed by atoms with E-state index in [2.05, 4.69) is 34.8 Å². The molecule has 2 atom stereocenters. The molecule has 1 fully saturated rings. The van der Waals surface area contributed by atoms with E-state index in [4.69, 9.17) is 15.6 Å². The number of morpholine rings is 1. The molecule has 24 heavy (non-hydrogen) atoms. The Balaban J connectivity index is 0. The summed E-state index contributed by atoms with van der Waals surface area (Å²) in [6.07, 6.45) is 4.10. The van der Waals surface area contributed by atoms with Crippen molar-refractivity contribution in [3.8, 4) is 0 Å². The number of nitrogen functional groups attached to an aromatic ring is 1. The van der Waals surface area contributed by atoms with Crippen molar-refractivity contribution in [2.24, 2.45) is 0 Å². The van der Waals surface area contributed by atoms with Crippen LogP contribution in [0.3, 0.4) is 0 Å². The molecule has 0 bridgehead atoms. The highest BCUT2D eigenvalue weighted by atomic mass is 32.1. The Labute approximate surface area is 149 Å². The smallest absolute Gasteiger partial charge is 0.351 e. The second-order valence-electron chi connectivity index (χ2n) is 4.09. The molecule has 2 heterocycles. The van der Waals surface area contributed by atoms with Crippen LogP contribution in [0, 0.1) is 0 Å². The van der Waals surface area contributed by atoms with E-state index in [9.17, 15) is 4.79 Å². The lowest BCUT2D eigenvalue weighted by Crippen LogP contribution is -2.46. The van der Waals surface area contributed by atoms with Gasteiger partial charge < -0.3 is 26.2 Å². The van der Waals surface area contributed by atoms with E-state index in [0.29, 0.717) is 13.1 Å². The van der Waals surface area contributed by atoms with Gasteiger partial charge in [-0.3, -0.25) is 4.57 Å². The van der Waals surface area contributed by atoms with Crippen LogP contribution in [0.5, 0.6) is 0 Å². The number of ether oxygens (including phenoxy) is 1. The van der Waals surface area contributed by atoms with Gasteiger partial charge in [0.15, 0.2) is 6.23 Å². The number of thiol groups is 1. The molecular formula is C15H31N5O3S. The fourth-order valence-electron chi connectivity index (χ4n) is 1.60. The van der Waals surface area contributed by atoms with Crippen molar-refractivity contribution < 1.29 is 9.84 Å². The maximum atomic E-state index is 11.5. The number of rotatable bonds is 3. The molecule has 0 amide bonds. The van der Waals surface area contributed by atoms with Crippen LogP contribution in [-0.4, -0.2) is 53.8 Å². The number of aliphatic hydroxyl groups excluding tert-OH is 1. The zero-order valence-corrected chi connectivity index (χ0v) is 15.8. The normalized spacial score (nSPS) is 18.4. The summed E-state index contributed by atoms with van der Waals surface area (Å²) in [5.41, 5.74) is 4.94. The Bertz CT molecular complexity index is 484. The van der Waals surface area contributed by atoms with Crippen LogP contribution in [-0.2, 0) is 4.74 Å². The Morgan fingerprint density at radius 1 is 1.58 bits per heavy atom. The SMILES string of the molecule is C=CNC.CC.CS.Nc1ccn(C2CNCC(CO)O2)c(=O)n1. The van der Waals surface area contributed by atoms with E-state index in [1.54, 1.807) is 12.5 Å². The van der Waals surface area contributed by atoms with Crippen LogP contribution in [0.15, 0.2) is 29.8 Å². The average molecular weight is 362 g/mol. The van der Waals surface area contributed by atoms with Crippen LogP contribution in [0.4, 0.5) is 5.82 Å². The highest BCUT2D eigenvalue weighted by Crippen LogP contribution is 2.12. The van der Waals surface area contributed by atoms with E-state index in [0.717, 1.165) is 0 Å². The summed E-state index contributed by atoms with van der Waals surface area (Å²) >= 11 is 3.53. The lowest BCUT2D eigenvalue weighted by molar-refractivity contribution is -0.0967. The topological polar surface area (TPSA) is 114 Å². The van der Waals surface area contributed by atoms with E-state index < -0.39 is 11.9 Å². The van der Waals surface area contributed by atoms with Gasteiger partial charge in [-0.1, -0.05) is 20.4 Å². The fourth-order valence-corrected chi connectivity index (χ4v) is 1.60. The van der Waals surface area contributed by atoms with Crippen LogP contribution in [0.2, 0.25) is 0 Å². The Hall–Kier alpha value is -1.55. The number of aromatic nitrogens is 2. The number of nitrogens with two attached hydrogens (primary N) is 1. The Kier molecular flexibility index (Phi) is 16.8. The molecule has 140 valence electrons. The van der Waals surface area contributed by atoms with Gasteiger partial charge in [0.1, 0.15) is 5.82 Å². The predicted octanol–water partition coefficient (Wildman–Crippen LogP) is 0.226. The molecule has 1 aromatic heterocycles. The summed E-state index contributed by atoms with van der Waals surface area (Å²) < 4.78 is 6.86. The second-order valence-corrected chi connectivity index (χ2v) is 4.09. The zero-order chi connectivity index (χ0) is 19.0. The first-order valence-electron chi connectivity index (χ1n) is 7.67. The van der Waals surface area contributed by atoms with Gasteiger partial charge in [-0.05, 0) is 18.5 Å². The highest BCUT2D eigenvalue weighted by molar-refractivity contribution is 7.79. The molecule has 2 rings (SSSR count). The standard InChI is InChI=1S/C9H14N4O3.C3H7N.C2H6.CH4S/c10-7-1-2-13(9(15)12-7)8-4-11-3-6(5-14)16-8;1-3-4-2;2*1-2/h1-2,6,8,11,14H,3-5H2,(H2,10,12,15);3-4H,1H2,2H3;1-2H3;2H,1H3. The van der Waals surface area contributed by atoms with Crippen LogP contribution in [0.1, 0.15) is 20.1 Å². The van der Waals surface area contributed by atoms with Crippen LogP contribution in [0.25, 0.3) is 0 Å². The molecule has 1 aromatic rings. The van der Waals surface area contributed by atoms with Crippen molar-refractivity contribution in [2.75, 3.05) is 38.7 Å². The number of nitrogens with one attached hydrogen (secondary N) is 2. The van der Waals surface area contributed by atoms with Crippen LogP contribution < -0.4 is 22.1 Å². The Morgan fingerprint density at radius 3 is 2.62 bits per heavy atom. The predicted molar refractivity (Wildman–Crippen MR) is 102 cm³/mol. The molecule has 0 radical (unpaired) electrons. The first-order valence-corrected chi connectivity index (χ1v) is 8.56.